The number of aromatic nitrogens is 2. The predicted molar refractivity (Wildman–Crippen MR) is 111 cm³/mol. The van der Waals surface area contributed by atoms with Crippen LogP contribution in [0.25, 0.3) is 11.0 Å². The molecule has 0 unspecified atom stereocenters. The summed E-state index contributed by atoms with van der Waals surface area (Å²) < 4.78 is 0. The first-order valence-electron chi connectivity index (χ1n) is 10.3. The number of hydrogen-bond acceptors (Lipinski definition) is 6. The van der Waals surface area contributed by atoms with Crippen molar-refractivity contribution in [3.8, 4) is 6.07 Å². The van der Waals surface area contributed by atoms with Crippen LogP contribution in [0.4, 0.5) is 5.69 Å². The smallest absolute Gasteiger partial charge is 0.136 e. The maximum absolute atomic E-state index is 12.6. The van der Waals surface area contributed by atoms with Gasteiger partial charge in [0, 0.05) is 37.8 Å². The largest absolute Gasteiger partial charge is 0.370 e. The van der Waals surface area contributed by atoms with Crippen molar-refractivity contribution in [1.29, 1.82) is 5.26 Å². The van der Waals surface area contributed by atoms with E-state index in [0.29, 0.717) is 23.3 Å². The zero-order valence-corrected chi connectivity index (χ0v) is 16.9. The third kappa shape index (κ3) is 4.48. The van der Waals surface area contributed by atoms with Crippen LogP contribution in [0, 0.1) is 17.2 Å². The third-order valence-corrected chi connectivity index (χ3v) is 5.81. The Hall–Kier alpha value is -2.52. The summed E-state index contributed by atoms with van der Waals surface area (Å²) in [6.07, 6.45) is 6.69. The number of anilines is 1. The molecule has 0 spiro atoms. The topological polar surface area (TPSA) is 73.1 Å². The predicted octanol–water partition coefficient (Wildman–Crippen LogP) is 3.41. The van der Waals surface area contributed by atoms with Crippen molar-refractivity contribution in [2.24, 2.45) is 5.92 Å². The molecule has 0 amide bonds. The zero-order valence-electron chi connectivity index (χ0n) is 16.9. The Kier molecular flexibility index (Phi) is 6.94. The van der Waals surface area contributed by atoms with Gasteiger partial charge in [0.2, 0.25) is 0 Å². The molecule has 28 heavy (non-hydrogen) atoms. The maximum Gasteiger partial charge on any atom is 0.136 e. The number of carbonyl (C=O) groups is 1. The van der Waals surface area contributed by atoms with Crippen molar-refractivity contribution < 1.29 is 4.79 Å². The van der Waals surface area contributed by atoms with E-state index in [-0.39, 0.29) is 5.92 Å². The van der Waals surface area contributed by atoms with Crippen molar-refractivity contribution in [3.63, 3.8) is 0 Å². The van der Waals surface area contributed by atoms with Crippen LogP contribution in [-0.2, 0) is 4.79 Å². The number of fused-ring (bicyclic) bond motifs is 1. The zero-order chi connectivity index (χ0) is 19.9. The number of piperidine rings is 1. The molecule has 1 aromatic heterocycles. The van der Waals surface area contributed by atoms with Crippen LogP contribution >= 0.6 is 0 Å². The van der Waals surface area contributed by atoms with Gasteiger partial charge in [0.15, 0.2) is 0 Å². The molecule has 3 rings (SSSR count). The summed E-state index contributed by atoms with van der Waals surface area (Å²) in [5.41, 5.74) is 2.97. The summed E-state index contributed by atoms with van der Waals surface area (Å²) in [7, 11) is 0. The van der Waals surface area contributed by atoms with Crippen molar-refractivity contribution >= 4 is 22.5 Å². The lowest BCUT2D eigenvalue weighted by Gasteiger charge is -2.33. The molecule has 1 fully saturated rings. The summed E-state index contributed by atoms with van der Waals surface area (Å²) in [4.78, 5) is 26.1. The van der Waals surface area contributed by atoms with Gasteiger partial charge in [-0.15, -0.1) is 0 Å². The molecule has 2 aromatic rings. The molecule has 1 aromatic carbocycles. The van der Waals surface area contributed by atoms with Gasteiger partial charge in [-0.1, -0.05) is 13.8 Å². The van der Waals surface area contributed by atoms with Crippen LogP contribution in [0.5, 0.6) is 0 Å². The first-order valence-corrected chi connectivity index (χ1v) is 10.3. The Morgan fingerprint density at radius 3 is 2.50 bits per heavy atom. The number of carbonyl (C=O) groups excluding carboxylic acids is 1. The second kappa shape index (κ2) is 9.61. The first kappa shape index (κ1) is 20.2. The van der Waals surface area contributed by atoms with Crippen LogP contribution in [0.3, 0.4) is 0 Å². The molecule has 148 valence electrons. The highest BCUT2D eigenvalue weighted by molar-refractivity contribution is 5.92. The lowest BCUT2D eigenvalue weighted by atomic mass is 9.90. The van der Waals surface area contributed by atoms with E-state index in [1.165, 1.54) is 0 Å². The molecule has 6 heteroatoms. The first-order chi connectivity index (χ1) is 13.7. The van der Waals surface area contributed by atoms with Crippen LogP contribution in [0.2, 0.25) is 0 Å². The number of benzene rings is 1. The Bertz CT molecular complexity index is 848. The molecule has 6 nitrogen and oxygen atoms in total. The highest BCUT2D eigenvalue weighted by atomic mass is 16.1. The minimum absolute atomic E-state index is 0.170. The molecule has 0 aliphatic carbocycles. The van der Waals surface area contributed by atoms with E-state index < -0.39 is 0 Å². The van der Waals surface area contributed by atoms with Crippen LogP contribution in [0.15, 0.2) is 24.5 Å². The second-order valence-electron chi connectivity index (χ2n) is 7.36. The molecule has 1 aliphatic rings. The fourth-order valence-corrected chi connectivity index (χ4v) is 4.05. The molecule has 1 aliphatic heterocycles. The average molecular weight is 380 g/mol. The fourth-order valence-electron chi connectivity index (χ4n) is 4.05. The number of Topliss-reactive ketones (excluding diaryl/α,β-unsaturated/α-hetero) is 1. The highest BCUT2D eigenvalue weighted by Gasteiger charge is 2.26. The van der Waals surface area contributed by atoms with E-state index in [2.05, 4.69) is 39.7 Å². The van der Waals surface area contributed by atoms with Crippen molar-refractivity contribution in [2.75, 3.05) is 37.6 Å². The number of nitrogens with zero attached hydrogens (tertiary/aromatic N) is 5. The summed E-state index contributed by atoms with van der Waals surface area (Å²) >= 11 is 0. The van der Waals surface area contributed by atoms with Crippen molar-refractivity contribution in [1.82, 2.24) is 14.9 Å². The van der Waals surface area contributed by atoms with Gasteiger partial charge in [-0.3, -0.25) is 14.8 Å². The van der Waals surface area contributed by atoms with E-state index in [1.807, 2.05) is 12.1 Å². The summed E-state index contributed by atoms with van der Waals surface area (Å²) in [5, 5.41) is 9.30. The quantitative estimate of drug-likeness (QED) is 0.700. The summed E-state index contributed by atoms with van der Waals surface area (Å²) in [6.45, 7) is 9.10. The molecular weight excluding hydrogens is 350 g/mol. The highest BCUT2D eigenvalue weighted by Crippen LogP contribution is 2.30. The standard InChI is InChI=1S/C22H29N5O/c1-3-26(4-2)13-5-6-20(28)17-9-14-27(15-10-17)19-8-7-18(16-23)21-22(19)25-12-11-24-21/h7-8,11-12,17H,3-6,9-10,13-15H2,1-2H3. The number of ketones is 1. The SMILES string of the molecule is CCN(CC)CCCC(=O)C1CCN(c2ccc(C#N)c3nccnc23)CC1. The van der Waals surface area contributed by atoms with E-state index >= 15 is 0 Å². The average Bonchev–Trinajstić information content (AvgIpc) is 2.76. The molecule has 0 radical (unpaired) electrons. The molecule has 0 saturated carbocycles. The molecule has 0 atom stereocenters. The second-order valence-corrected chi connectivity index (χ2v) is 7.36. The Morgan fingerprint density at radius 2 is 1.86 bits per heavy atom. The molecule has 0 N–H and O–H groups in total. The Morgan fingerprint density at radius 1 is 1.18 bits per heavy atom. The lowest BCUT2D eigenvalue weighted by molar-refractivity contribution is -0.123. The fraction of sp³-hybridized carbons (Fsp3) is 0.545. The Balaban J connectivity index is 1.59. The monoisotopic (exact) mass is 379 g/mol. The van der Waals surface area contributed by atoms with E-state index in [1.54, 1.807) is 12.4 Å². The van der Waals surface area contributed by atoms with Crippen LogP contribution in [0.1, 0.15) is 45.1 Å². The van der Waals surface area contributed by atoms with Crippen molar-refractivity contribution in [2.45, 2.75) is 39.5 Å². The minimum Gasteiger partial charge on any atom is -0.370 e. The van der Waals surface area contributed by atoms with Gasteiger partial charge in [0.25, 0.3) is 0 Å². The molecule has 0 bridgehead atoms. The maximum atomic E-state index is 12.6. The lowest BCUT2D eigenvalue weighted by Crippen LogP contribution is -2.36. The van der Waals surface area contributed by atoms with Gasteiger partial charge in [0.1, 0.15) is 22.9 Å². The normalized spacial score (nSPS) is 15.1. The molecule has 1 saturated heterocycles. The van der Waals surface area contributed by atoms with E-state index in [4.69, 9.17) is 0 Å². The summed E-state index contributed by atoms with van der Waals surface area (Å²) in [6, 6.07) is 5.97. The van der Waals surface area contributed by atoms with Gasteiger partial charge >= 0.3 is 0 Å². The summed E-state index contributed by atoms with van der Waals surface area (Å²) in [5.74, 6) is 0.583. The third-order valence-electron chi connectivity index (χ3n) is 5.81. The van der Waals surface area contributed by atoms with Gasteiger partial charge in [-0.2, -0.15) is 5.26 Å². The van der Waals surface area contributed by atoms with Gasteiger partial charge in [-0.25, -0.2) is 0 Å². The number of hydrogen-bond donors (Lipinski definition) is 0. The number of rotatable bonds is 8. The van der Waals surface area contributed by atoms with E-state index in [9.17, 15) is 10.1 Å². The van der Waals surface area contributed by atoms with Gasteiger partial charge in [0.05, 0.1) is 11.3 Å². The van der Waals surface area contributed by atoms with Crippen molar-refractivity contribution in [3.05, 3.63) is 30.1 Å². The van der Waals surface area contributed by atoms with Crippen LogP contribution < -0.4 is 4.90 Å². The van der Waals surface area contributed by atoms with Gasteiger partial charge in [-0.05, 0) is 51.0 Å². The molecular formula is C22H29N5O. The van der Waals surface area contributed by atoms with Gasteiger partial charge < -0.3 is 9.80 Å². The minimum atomic E-state index is 0.170. The van der Waals surface area contributed by atoms with Crippen LogP contribution in [-0.4, -0.2) is 53.4 Å². The number of nitriles is 1. The molecule has 2 heterocycles. The van der Waals surface area contributed by atoms with E-state index in [0.717, 1.165) is 63.2 Å². The Labute approximate surface area is 167 Å².